The predicted octanol–water partition coefficient (Wildman–Crippen LogP) is 3.31. The Kier molecular flexibility index (Phi) is 2.66. The normalized spacial score (nSPS) is 15.3. The van der Waals surface area contributed by atoms with E-state index in [1.165, 1.54) is 0 Å². The average molecular weight is 231 g/mol. The SMILES string of the molecule is O=C(Oc1cc(Cl)cc(Cl)c1)C1CC1. The second kappa shape index (κ2) is 3.79. The fourth-order valence-corrected chi connectivity index (χ4v) is 1.61. The van der Waals surface area contributed by atoms with Crippen molar-refractivity contribution in [2.24, 2.45) is 5.92 Å². The molecule has 14 heavy (non-hydrogen) atoms. The lowest BCUT2D eigenvalue weighted by atomic mass is 10.3. The Balaban J connectivity index is 2.11. The lowest BCUT2D eigenvalue weighted by Gasteiger charge is -2.03. The van der Waals surface area contributed by atoms with Crippen LogP contribution in [0.4, 0.5) is 0 Å². The zero-order valence-electron chi connectivity index (χ0n) is 7.30. The Hall–Kier alpha value is -0.730. The van der Waals surface area contributed by atoms with Gasteiger partial charge in [-0.05, 0) is 31.0 Å². The molecular weight excluding hydrogens is 223 g/mol. The highest BCUT2D eigenvalue weighted by molar-refractivity contribution is 6.34. The summed E-state index contributed by atoms with van der Waals surface area (Å²) in [5.74, 6) is 0.301. The monoisotopic (exact) mass is 230 g/mol. The summed E-state index contributed by atoms with van der Waals surface area (Å²) >= 11 is 11.5. The summed E-state index contributed by atoms with van der Waals surface area (Å²) in [5.41, 5.74) is 0. The van der Waals surface area contributed by atoms with E-state index in [1.807, 2.05) is 0 Å². The van der Waals surface area contributed by atoms with Crippen LogP contribution in [0.2, 0.25) is 10.0 Å². The fraction of sp³-hybridized carbons (Fsp3) is 0.300. The molecule has 4 heteroatoms. The van der Waals surface area contributed by atoms with Gasteiger partial charge in [-0.25, -0.2) is 0 Å². The third kappa shape index (κ3) is 2.40. The number of ether oxygens (including phenoxy) is 1. The van der Waals surface area contributed by atoms with E-state index in [1.54, 1.807) is 18.2 Å². The van der Waals surface area contributed by atoms with Crippen molar-refractivity contribution in [3.8, 4) is 5.75 Å². The van der Waals surface area contributed by atoms with Crippen LogP contribution in [0.3, 0.4) is 0 Å². The zero-order chi connectivity index (χ0) is 10.1. The lowest BCUT2D eigenvalue weighted by molar-refractivity contribution is -0.135. The zero-order valence-corrected chi connectivity index (χ0v) is 8.81. The smallest absolute Gasteiger partial charge is 0.314 e. The van der Waals surface area contributed by atoms with Crippen LogP contribution in [-0.4, -0.2) is 5.97 Å². The molecule has 1 aliphatic rings. The van der Waals surface area contributed by atoms with Gasteiger partial charge < -0.3 is 4.74 Å². The van der Waals surface area contributed by atoms with E-state index in [0.29, 0.717) is 15.8 Å². The van der Waals surface area contributed by atoms with Gasteiger partial charge in [0, 0.05) is 10.0 Å². The molecule has 0 unspecified atom stereocenters. The molecule has 0 aliphatic heterocycles. The summed E-state index contributed by atoms with van der Waals surface area (Å²) in [4.78, 5) is 11.3. The molecule has 0 spiro atoms. The number of hydrogen-bond acceptors (Lipinski definition) is 2. The van der Waals surface area contributed by atoms with Crippen molar-refractivity contribution < 1.29 is 9.53 Å². The Labute approximate surface area is 91.8 Å². The molecule has 0 bridgehead atoms. The van der Waals surface area contributed by atoms with Crippen LogP contribution in [0.5, 0.6) is 5.75 Å². The molecule has 0 N–H and O–H groups in total. The van der Waals surface area contributed by atoms with Crippen LogP contribution in [0.25, 0.3) is 0 Å². The number of esters is 1. The lowest BCUT2D eigenvalue weighted by Crippen LogP contribution is -2.09. The van der Waals surface area contributed by atoms with Gasteiger partial charge in [0.1, 0.15) is 5.75 Å². The third-order valence-electron chi connectivity index (χ3n) is 1.97. The first-order valence-electron chi connectivity index (χ1n) is 4.33. The van der Waals surface area contributed by atoms with Crippen molar-refractivity contribution in [1.82, 2.24) is 0 Å². The topological polar surface area (TPSA) is 26.3 Å². The summed E-state index contributed by atoms with van der Waals surface area (Å²) < 4.78 is 5.09. The molecule has 1 aliphatic carbocycles. The van der Waals surface area contributed by atoms with Gasteiger partial charge in [-0.2, -0.15) is 0 Å². The summed E-state index contributed by atoms with van der Waals surface area (Å²) in [5, 5.41) is 0.937. The van der Waals surface area contributed by atoms with E-state index < -0.39 is 0 Å². The van der Waals surface area contributed by atoms with Crippen molar-refractivity contribution in [2.75, 3.05) is 0 Å². The molecule has 0 saturated heterocycles. The van der Waals surface area contributed by atoms with E-state index in [-0.39, 0.29) is 11.9 Å². The van der Waals surface area contributed by atoms with E-state index in [4.69, 9.17) is 27.9 Å². The minimum Gasteiger partial charge on any atom is -0.426 e. The second-order valence-electron chi connectivity index (χ2n) is 3.30. The predicted molar refractivity (Wildman–Crippen MR) is 54.8 cm³/mol. The van der Waals surface area contributed by atoms with Gasteiger partial charge in [0.05, 0.1) is 5.92 Å². The van der Waals surface area contributed by atoms with Gasteiger partial charge >= 0.3 is 5.97 Å². The summed E-state index contributed by atoms with van der Waals surface area (Å²) in [6.07, 6.45) is 1.85. The molecule has 74 valence electrons. The standard InChI is InChI=1S/C10H8Cl2O2/c11-7-3-8(12)5-9(4-7)14-10(13)6-1-2-6/h3-6H,1-2H2. The molecule has 1 fully saturated rings. The first-order chi connectivity index (χ1) is 6.65. The Morgan fingerprint density at radius 2 is 1.79 bits per heavy atom. The molecule has 0 amide bonds. The maximum atomic E-state index is 11.3. The molecule has 0 radical (unpaired) electrons. The Morgan fingerprint density at radius 3 is 2.29 bits per heavy atom. The van der Waals surface area contributed by atoms with Gasteiger partial charge in [0.25, 0.3) is 0 Å². The van der Waals surface area contributed by atoms with Crippen LogP contribution >= 0.6 is 23.2 Å². The molecule has 1 aromatic carbocycles. The first kappa shape index (κ1) is 9.81. The summed E-state index contributed by atoms with van der Waals surface area (Å²) in [6, 6.07) is 4.75. The van der Waals surface area contributed by atoms with Gasteiger partial charge in [0.2, 0.25) is 0 Å². The number of carbonyl (C=O) groups excluding carboxylic acids is 1. The van der Waals surface area contributed by atoms with Crippen molar-refractivity contribution in [2.45, 2.75) is 12.8 Å². The van der Waals surface area contributed by atoms with E-state index in [9.17, 15) is 4.79 Å². The van der Waals surface area contributed by atoms with Gasteiger partial charge in [-0.15, -0.1) is 0 Å². The van der Waals surface area contributed by atoms with Crippen molar-refractivity contribution in [3.63, 3.8) is 0 Å². The molecule has 2 nitrogen and oxygen atoms in total. The summed E-state index contributed by atoms with van der Waals surface area (Å²) in [6.45, 7) is 0. The average Bonchev–Trinajstić information content (AvgIpc) is 2.82. The number of halogens is 2. The quantitative estimate of drug-likeness (QED) is 0.576. The second-order valence-corrected chi connectivity index (χ2v) is 4.17. The molecule has 0 aromatic heterocycles. The molecule has 1 saturated carbocycles. The molecule has 0 atom stereocenters. The Bertz CT molecular complexity index is 352. The van der Waals surface area contributed by atoms with E-state index in [2.05, 4.69) is 0 Å². The molecule has 1 aromatic rings. The van der Waals surface area contributed by atoms with E-state index in [0.717, 1.165) is 12.8 Å². The van der Waals surface area contributed by atoms with Crippen LogP contribution in [-0.2, 0) is 4.79 Å². The maximum absolute atomic E-state index is 11.3. The van der Waals surface area contributed by atoms with Crippen molar-refractivity contribution >= 4 is 29.2 Å². The maximum Gasteiger partial charge on any atom is 0.314 e. The van der Waals surface area contributed by atoms with Gasteiger partial charge in [-0.3, -0.25) is 4.79 Å². The molecule has 2 rings (SSSR count). The highest BCUT2D eigenvalue weighted by Gasteiger charge is 2.31. The van der Waals surface area contributed by atoms with Crippen molar-refractivity contribution in [3.05, 3.63) is 28.2 Å². The number of benzene rings is 1. The van der Waals surface area contributed by atoms with Crippen LogP contribution in [0.1, 0.15) is 12.8 Å². The van der Waals surface area contributed by atoms with Crippen LogP contribution < -0.4 is 4.74 Å². The Morgan fingerprint density at radius 1 is 1.21 bits per heavy atom. The van der Waals surface area contributed by atoms with Gasteiger partial charge in [-0.1, -0.05) is 23.2 Å². The fourth-order valence-electron chi connectivity index (χ4n) is 1.11. The minimum atomic E-state index is -0.191. The van der Waals surface area contributed by atoms with Crippen LogP contribution in [0, 0.1) is 5.92 Å². The summed E-state index contributed by atoms with van der Waals surface area (Å²) in [7, 11) is 0. The van der Waals surface area contributed by atoms with Gasteiger partial charge in [0.15, 0.2) is 0 Å². The highest BCUT2D eigenvalue weighted by atomic mass is 35.5. The third-order valence-corrected chi connectivity index (χ3v) is 2.40. The number of rotatable bonds is 2. The molecule has 0 heterocycles. The largest absolute Gasteiger partial charge is 0.426 e. The van der Waals surface area contributed by atoms with E-state index >= 15 is 0 Å². The van der Waals surface area contributed by atoms with Crippen LogP contribution in [0.15, 0.2) is 18.2 Å². The highest BCUT2D eigenvalue weighted by Crippen LogP contribution is 2.32. The number of hydrogen-bond donors (Lipinski definition) is 0. The first-order valence-corrected chi connectivity index (χ1v) is 5.08. The minimum absolute atomic E-state index is 0.0766. The molecular formula is C10H8Cl2O2. The van der Waals surface area contributed by atoms with Crippen molar-refractivity contribution in [1.29, 1.82) is 0 Å². The number of carbonyl (C=O) groups is 1.